The standard InChI is InChI=1S/C13H26N4O/c1-5-14-10-12-11-17(16-15-12)7-9-18-8-6-13(2,3)4/h11,14H,5-10H2,1-4H3. The molecule has 0 unspecified atom stereocenters. The first-order valence-electron chi connectivity index (χ1n) is 6.69. The van der Waals surface area contributed by atoms with Gasteiger partial charge in [-0.25, -0.2) is 4.68 Å². The van der Waals surface area contributed by atoms with Gasteiger partial charge in [-0.1, -0.05) is 32.9 Å². The first-order chi connectivity index (χ1) is 8.51. The summed E-state index contributed by atoms with van der Waals surface area (Å²) in [6, 6.07) is 0. The fraction of sp³-hybridized carbons (Fsp3) is 0.846. The van der Waals surface area contributed by atoms with E-state index < -0.39 is 0 Å². The Morgan fingerprint density at radius 2 is 2.11 bits per heavy atom. The molecule has 0 spiro atoms. The van der Waals surface area contributed by atoms with Gasteiger partial charge in [-0.2, -0.15) is 0 Å². The van der Waals surface area contributed by atoms with Gasteiger partial charge in [0.1, 0.15) is 0 Å². The minimum absolute atomic E-state index is 0.340. The summed E-state index contributed by atoms with van der Waals surface area (Å²) in [7, 11) is 0. The molecular weight excluding hydrogens is 228 g/mol. The van der Waals surface area contributed by atoms with E-state index in [9.17, 15) is 0 Å². The highest BCUT2D eigenvalue weighted by atomic mass is 16.5. The molecule has 0 radical (unpaired) electrons. The molecule has 0 atom stereocenters. The van der Waals surface area contributed by atoms with Crippen molar-refractivity contribution in [3.05, 3.63) is 11.9 Å². The molecule has 0 saturated carbocycles. The highest BCUT2D eigenvalue weighted by Crippen LogP contribution is 2.17. The Bertz CT molecular complexity index is 330. The van der Waals surface area contributed by atoms with E-state index in [0.717, 1.165) is 38.4 Å². The molecule has 0 bridgehead atoms. The number of rotatable bonds is 8. The predicted octanol–water partition coefficient (Wildman–Crippen LogP) is 1.84. The monoisotopic (exact) mass is 254 g/mol. The zero-order chi connectivity index (χ0) is 13.4. The molecule has 1 rings (SSSR count). The lowest BCUT2D eigenvalue weighted by molar-refractivity contribution is 0.0996. The van der Waals surface area contributed by atoms with Crippen molar-refractivity contribution in [2.45, 2.75) is 47.2 Å². The molecule has 104 valence electrons. The molecule has 1 aromatic rings. The minimum atomic E-state index is 0.340. The third-order valence-electron chi connectivity index (χ3n) is 2.60. The van der Waals surface area contributed by atoms with Crippen molar-refractivity contribution in [1.82, 2.24) is 20.3 Å². The van der Waals surface area contributed by atoms with Gasteiger partial charge in [0, 0.05) is 19.3 Å². The highest BCUT2D eigenvalue weighted by molar-refractivity contribution is 4.91. The highest BCUT2D eigenvalue weighted by Gasteiger charge is 2.09. The maximum atomic E-state index is 5.60. The van der Waals surface area contributed by atoms with Crippen molar-refractivity contribution in [1.29, 1.82) is 0 Å². The molecule has 1 heterocycles. The second-order valence-corrected chi connectivity index (χ2v) is 5.68. The molecule has 0 aliphatic heterocycles. The van der Waals surface area contributed by atoms with Crippen molar-refractivity contribution >= 4 is 0 Å². The average Bonchev–Trinajstić information content (AvgIpc) is 2.72. The van der Waals surface area contributed by atoms with Gasteiger partial charge in [-0.3, -0.25) is 0 Å². The van der Waals surface area contributed by atoms with Gasteiger partial charge in [0.2, 0.25) is 0 Å². The van der Waals surface area contributed by atoms with Crippen LogP contribution in [-0.4, -0.2) is 34.8 Å². The van der Waals surface area contributed by atoms with Crippen LogP contribution in [0.3, 0.4) is 0 Å². The summed E-state index contributed by atoms with van der Waals surface area (Å²) in [5.41, 5.74) is 1.32. The van der Waals surface area contributed by atoms with Crippen LogP contribution in [0.25, 0.3) is 0 Å². The Kier molecular flexibility index (Phi) is 6.29. The van der Waals surface area contributed by atoms with E-state index in [1.54, 1.807) is 0 Å². The lowest BCUT2D eigenvalue weighted by atomic mass is 9.93. The minimum Gasteiger partial charge on any atom is -0.380 e. The Balaban J connectivity index is 2.13. The SMILES string of the molecule is CCNCc1cn(CCOCCC(C)(C)C)nn1. The molecule has 0 aromatic carbocycles. The van der Waals surface area contributed by atoms with Gasteiger partial charge < -0.3 is 10.1 Å². The van der Waals surface area contributed by atoms with Crippen molar-refractivity contribution in [3.8, 4) is 0 Å². The van der Waals surface area contributed by atoms with E-state index in [4.69, 9.17) is 4.74 Å². The summed E-state index contributed by atoms with van der Waals surface area (Å²) >= 11 is 0. The summed E-state index contributed by atoms with van der Waals surface area (Å²) in [6.45, 7) is 12.7. The molecule has 0 aliphatic rings. The fourth-order valence-electron chi connectivity index (χ4n) is 1.42. The summed E-state index contributed by atoms with van der Waals surface area (Å²) in [6.07, 6.45) is 3.05. The number of nitrogens with one attached hydrogen (secondary N) is 1. The smallest absolute Gasteiger partial charge is 0.0964 e. The number of ether oxygens (including phenoxy) is 1. The van der Waals surface area contributed by atoms with Crippen LogP contribution in [0.1, 0.15) is 39.8 Å². The summed E-state index contributed by atoms with van der Waals surface area (Å²) in [5.74, 6) is 0. The van der Waals surface area contributed by atoms with E-state index in [1.807, 2.05) is 10.9 Å². The molecule has 18 heavy (non-hydrogen) atoms. The number of hydrogen-bond donors (Lipinski definition) is 1. The quantitative estimate of drug-likeness (QED) is 0.719. The second kappa shape index (κ2) is 7.48. The normalized spacial score (nSPS) is 12.0. The van der Waals surface area contributed by atoms with Crippen LogP contribution in [0.15, 0.2) is 6.20 Å². The lowest BCUT2D eigenvalue weighted by Gasteiger charge is -2.17. The van der Waals surface area contributed by atoms with Gasteiger partial charge in [0.05, 0.1) is 18.8 Å². The lowest BCUT2D eigenvalue weighted by Crippen LogP contribution is -2.13. The van der Waals surface area contributed by atoms with E-state index in [0.29, 0.717) is 12.0 Å². The summed E-state index contributed by atoms with van der Waals surface area (Å²) in [5, 5.41) is 11.4. The van der Waals surface area contributed by atoms with Crippen molar-refractivity contribution in [3.63, 3.8) is 0 Å². The molecule has 0 aliphatic carbocycles. The van der Waals surface area contributed by atoms with Crippen molar-refractivity contribution in [2.75, 3.05) is 19.8 Å². The van der Waals surface area contributed by atoms with Crippen LogP contribution >= 0.6 is 0 Å². The maximum absolute atomic E-state index is 5.60. The third kappa shape index (κ3) is 6.71. The molecule has 1 aromatic heterocycles. The third-order valence-corrected chi connectivity index (χ3v) is 2.60. The van der Waals surface area contributed by atoms with Gasteiger partial charge in [-0.15, -0.1) is 5.10 Å². The van der Waals surface area contributed by atoms with Gasteiger partial charge >= 0.3 is 0 Å². The number of nitrogens with zero attached hydrogens (tertiary/aromatic N) is 3. The largest absolute Gasteiger partial charge is 0.380 e. The van der Waals surface area contributed by atoms with Crippen LogP contribution < -0.4 is 5.32 Å². The first kappa shape index (κ1) is 15.1. The fourth-order valence-corrected chi connectivity index (χ4v) is 1.42. The summed E-state index contributed by atoms with van der Waals surface area (Å²) in [4.78, 5) is 0. The number of aromatic nitrogens is 3. The van der Waals surface area contributed by atoms with E-state index in [1.165, 1.54) is 0 Å². The maximum Gasteiger partial charge on any atom is 0.0964 e. The molecule has 0 saturated heterocycles. The molecule has 0 amide bonds. The average molecular weight is 254 g/mol. The zero-order valence-electron chi connectivity index (χ0n) is 12.1. The second-order valence-electron chi connectivity index (χ2n) is 5.68. The Morgan fingerprint density at radius 1 is 1.33 bits per heavy atom. The molecular formula is C13H26N4O. The van der Waals surface area contributed by atoms with Gasteiger partial charge in [0.25, 0.3) is 0 Å². The summed E-state index contributed by atoms with van der Waals surface area (Å²) < 4.78 is 7.44. The van der Waals surface area contributed by atoms with Crippen LogP contribution in [0.4, 0.5) is 0 Å². The molecule has 0 fully saturated rings. The van der Waals surface area contributed by atoms with Crippen LogP contribution in [0.5, 0.6) is 0 Å². The molecule has 5 heteroatoms. The predicted molar refractivity (Wildman–Crippen MR) is 72.3 cm³/mol. The Hall–Kier alpha value is -0.940. The van der Waals surface area contributed by atoms with Crippen LogP contribution in [0, 0.1) is 5.41 Å². The Morgan fingerprint density at radius 3 is 2.78 bits per heavy atom. The van der Waals surface area contributed by atoms with Crippen LogP contribution in [0.2, 0.25) is 0 Å². The van der Waals surface area contributed by atoms with Crippen molar-refractivity contribution in [2.24, 2.45) is 5.41 Å². The van der Waals surface area contributed by atoms with Crippen molar-refractivity contribution < 1.29 is 4.74 Å². The topological polar surface area (TPSA) is 52.0 Å². The van der Waals surface area contributed by atoms with E-state index in [2.05, 4.69) is 43.3 Å². The Labute approximate surface area is 110 Å². The molecule has 1 N–H and O–H groups in total. The molecule has 5 nitrogen and oxygen atoms in total. The number of hydrogen-bond acceptors (Lipinski definition) is 4. The zero-order valence-corrected chi connectivity index (χ0v) is 12.1. The van der Waals surface area contributed by atoms with Crippen LogP contribution in [-0.2, 0) is 17.8 Å². The van der Waals surface area contributed by atoms with Gasteiger partial charge in [-0.05, 0) is 18.4 Å². The van der Waals surface area contributed by atoms with E-state index in [-0.39, 0.29) is 0 Å². The first-order valence-corrected chi connectivity index (χ1v) is 6.69. The van der Waals surface area contributed by atoms with E-state index >= 15 is 0 Å². The van der Waals surface area contributed by atoms with Gasteiger partial charge in [0.15, 0.2) is 0 Å².